The number of hydrogen-bond acceptors (Lipinski definition) is 4. The molecule has 32 heavy (non-hydrogen) atoms. The monoisotopic (exact) mass is 472 g/mol. The second kappa shape index (κ2) is 9.63. The van der Waals surface area contributed by atoms with Gasteiger partial charge in [0.2, 0.25) is 5.91 Å². The molecule has 0 heterocycles. The molecule has 1 amide bonds. The van der Waals surface area contributed by atoms with Crippen molar-refractivity contribution in [2.45, 2.75) is 25.7 Å². The summed E-state index contributed by atoms with van der Waals surface area (Å²) in [5.74, 6) is -0.203. The summed E-state index contributed by atoms with van der Waals surface area (Å²) in [6, 6.07) is 16.5. The minimum absolute atomic E-state index is 0.0533. The van der Waals surface area contributed by atoms with Crippen LogP contribution in [0.3, 0.4) is 0 Å². The van der Waals surface area contributed by atoms with Crippen LogP contribution in [0.4, 0.5) is 11.4 Å². The van der Waals surface area contributed by atoms with Crippen LogP contribution in [-0.2, 0) is 14.8 Å². The van der Waals surface area contributed by atoms with E-state index in [4.69, 9.17) is 16.3 Å². The number of aryl methyl sites for hydroxylation is 3. The summed E-state index contributed by atoms with van der Waals surface area (Å²) < 4.78 is 33.4. The molecule has 0 unspecified atom stereocenters. The topological polar surface area (TPSA) is 75.7 Å². The number of nitrogens with one attached hydrogen (secondary N) is 1. The molecule has 3 aromatic carbocycles. The second-order valence-electron chi connectivity index (χ2n) is 7.46. The normalized spacial score (nSPS) is 11.2. The summed E-state index contributed by atoms with van der Waals surface area (Å²) in [5.41, 5.74) is 3.71. The van der Waals surface area contributed by atoms with Crippen LogP contribution in [0.2, 0.25) is 5.02 Å². The van der Waals surface area contributed by atoms with Crippen LogP contribution < -0.4 is 14.4 Å². The van der Waals surface area contributed by atoms with E-state index in [9.17, 15) is 13.2 Å². The van der Waals surface area contributed by atoms with E-state index in [-0.39, 0.29) is 16.3 Å². The van der Waals surface area contributed by atoms with E-state index < -0.39 is 22.5 Å². The zero-order chi connectivity index (χ0) is 23.5. The lowest BCUT2D eigenvalue weighted by Crippen LogP contribution is -2.38. The minimum atomic E-state index is -4.08. The number of rotatable bonds is 7. The van der Waals surface area contributed by atoms with Gasteiger partial charge in [-0.1, -0.05) is 47.5 Å². The van der Waals surface area contributed by atoms with Crippen molar-refractivity contribution in [3.63, 3.8) is 0 Å². The fourth-order valence-corrected chi connectivity index (χ4v) is 5.17. The van der Waals surface area contributed by atoms with Crippen LogP contribution in [0, 0.1) is 20.8 Å². The van der Waals surface area contributed by atoms with E-state index in [2.05, 4.69) is 5.32 Å². The summed E-state index contributed by atoms with van der Waals surface area (Å²) in [4.78, 5) is 13.1. The van der Waals surface area contributed by atoms with Gasteiger partial charge in [-0.3, -0.25) is 9.10 Å². The highest BCUT2D eigenvalue weighted by atomic mass is 35.5. The van der Waals surface area contributed by atoms with E-state index in [1.54, 1.807) is 30.3 Å². The number of halogens is 1. The molecule has 6 nitrogen and oxygen atoms in total. The Bertz CT molecular complexity index is 1220. The maximum atomic E-state index is 13.5. The molecule has 0 aromatic heterocycles. The van der Waals surface area contributed by atoms with Crippen molar-refractivity contribution >= 4 is 38.9 Å². The average Bonchev–Trinajstić information content (AvgIpc) is 2.75. The van der Waals surface area contributed by atoms with Crippen LogP contribution >= 0.6 is 11.6 Å². The lowest BCUT2D eigenvalue weighted by atomic mass is 10.1. The van der Waals surface area contributed by atoms with Gasteiger partial charge in [0.05, 0.1) is 17.7 Å². The van der Waals surface area contributed by atoms with Crippen molar-refractivity contribution in [1.29, 1.82) is 0 Å². The number of amides is 1. The Kier molecular flexibility index (Phi) is 7.11. The maximum absolute atomic E-state index is 13.5. The van der Waals surface area contributed by atoms with E-state index in [0.717, 1.165) is 21.0 Å². The third-order valence-corrected chi connectivity index (χ3v) is 6.98. The molecule has 3 rings (SSSR count). The number of carbonyl (C=O) groups excluding carboxylic acids is 1. The Morgan fingerprint density at radius 2 is 1.62 bits per heavy atom. The van der Waals surface area contributed by atoms with Crippen LogP contribution in [0.15, 0.2) is 65.6 Å². The van der Waals surface area contributed by atoms with Crippen molar-refractivity contribution in [1.82, 2.24) is 0 Å². The fraction of sp³-hybridized carbons (Fsp3) is 0.208. The molecule has 168 valence electrons. The van der Waals surface area contributed by atoms with Crippen LogP contribution in [0.25, 0.3) is 0 Å². The van der Waals surface area contributed by atoms with Crippen LogP contribution in [0.5, 0.6) is 5.75 Å². The Morgan fingerprint density at radius 1 is 1.00 bits per heavy atom. The van der Waals surface area contributed by atoms with Crippen molar-refractivity contribution in [3.05, 3.63) is 82.4 Å². The van der Waals surface area contributed by atoms with E-state index in [1.807, 2.05) is 32.9 Å². The second-order valence-corrected chi connectivity index (χ2v) is 9.76. The van der Waals surface area contributed by atoms with E-state index in [0.29, 0.717) is 10.7 Å². The third kappa shape index (κ3) is 5.06. The van der Waals surface area contributed by atoms with Gasteiger partial charge >= 0.3 is 0 Å². The molecule has 0 saturated heterocycles. The molecule has 8 heteroatoms. The van der Waals surface area contributed by atoms with Gasteiger partial charge in [0, 0.05) is 10.7 Å². The van der Waals surface area contributed by atoms with Gasteiger partial charge in [0.1, 0.15) is 12.3 Å². The molecule has 0 aliphatic carbocycles. The number of hydrogen-bond donors (Lipinski definition) is 1. The molecule has 0 saturated carbocycles. The molecule has 0 bridgehead atoms. The molecule has 0 atom stereocenters. The standard InChI is InChI=1S/C24H25ClN2O4S/c1-16-12-17(2)24(18(3)13-16)26-23(28)15-27(21-14-19(25)10-11-22(21)31-4)32(29,30)20-8-6-5-7-9-20/h5-14H,15H2,1-4H3,(H,26,28). The van der Waals surface area contributed by atoms with E-state index >= 15 is 0 Å². The molecule has 0 fully saturated rings. The first-order valence-corrected chi connectivity index (χ1v) is 11.7. The van der Waals surface area contributed by atoms with Gasteiger partial charge in [-0.2, -0.15) is 0 Å². The van der Waals surface area contributed by atoms with Gasteiger partial charge in [-0.05, 0) is 62.2 Å². The number of ether oxygens (including phenoxy) is 1. The first-order chi connectivity index (χ1) is 15.1. The highest BCUT2D eigenvalue weighted by Gasteiger charge is 2.30. The zero-order valence-corrected chi connectivity index (χ0v) is 19.9. The SMILES string of the molecule is COc1ccc(Cl)cc1N(CC(=O)Nc1c(C)cc(C)cc1C)S(=O)(=O)c1ccccc1. The minimum Gasteiger partial charge on any atom is -0.495 e. The van der Waals surface area contributed by atoms with Gasteiger partial charge < -0.3 is 10.1 Å². The fourth-order valence-electron chi connectivity index (χ4n) is 3.56. The smallest absolute Gasteiger partial charge is 0.264 e. The molecule has 0 radical (unpaired) electrons. The highest BCUT2D eigenvalue weighted by molar-refractivity contribution is 7.92. The lowest BCUT2D eigenvalue weighted by Gasteiger charge is -2.26. The molecule has 0 aliphatic rings. The molecule has 0 spiro atoms. The summed E-state index contributed by atoms with van der Waals surface area (Å²) in [7, 11) is -2.65. The number of methoxy groups -OCH3 is 1. The van der Waals surface area contributed by atoms with Gasteiger partial charge in [-0.15, -0.1) is 0 Å². The number of nitrogens with zero attached hydrogens (tertiary/aromatic N) is 1. The third-order valence-electron chi connectivity index (χ3n) is 4.97. The first-order valence-electron chi connectivity index (χ1n) is 9.92. The average molecular weight is 473 g/mol. The zero-order valence-electron chi connectivity index (χ0n) is 18.3. The van der Waals surface area contributed by atoms with Crippen molar-refractivity contribution < 1.29 is 17.9 Å². The Morgan fingerprint density at radius 3 is 2.22 bits per heavy atom. The molecular weight excluding hydrogens is 448 g/mol. The van der Waals surface area contributed by atoms with Crippen LogP contribution in [0.1, 0.15) is 16.7 Å². The summed E-state index contributed by atoms with van der Waals surface area (Å²) >= 11 is 6.16. The quantitative estimate of drug-likeness (QED) is 0.518. The highest BCUT2D eigenvalue weighted by Crippen LogP contribution is 2.35. The molecule has 0 aliphatic heterocycles. The number of sulfonamides is 1. The Labute approximate surface area is 193 Å². The largest absolute Gasteiger partial charge is 0.495 e. The molecule has 1 N–H and O–H groups in total. The van der Waals surface area contributed by atoms with Gasteiger partial charge in [0.15, 0.2) is 0 Å². The number of carbonyl (C=O) groups is 1. The summed E-state index contributed by atoms with van der Waals surface area (Å²) in [5, 5.41) is 3.18. The number of anilines is 2. The summed E-state index contributed by atoms with van der Waals surface area (Å²) in [6.45, 7) is 5.31. The van der Waals surface area contributed by atoms with Crippen molar-refractivity contribution in [3.8, 4) is 5.75 Å². The van der Waals surface area contributed by atoms with Crippen molar-refractivity contribution in [2.75, 3.05) is 23.3 Å². The molecular formula is C24H25ClN2O4S. The van der Waals surface area contributed by atoms with Gasteiger partial charge in [-0.25, -0.2) is 8.42 Å². The van der Waals surface area contributed by atoms with E-state index in [1.165, 1.54) is 25.3 Å². The lowest BCUT2D eigenvalue weighted by molar-refractivity contribution is -0.114. The maximum Gasteiger partial charge on any atom is 0.264 e. The predicted molar refractivity (Wildman–Crippen MR) is 128 cm³/mol. The first kappa shape index (κ1) is 23.6. The predicted octanol–water partition coefficient (Wildman–Crippen LogP) is 5.11. The van der Waals surface area contributed by atoms with Gasteiger partial charge in [0.25, 0.3) is 10.0 Å². The van der Waals surface area contributed by atoms with Crippen LogP contribution in [-0.4, -0.2) is 28.0 Å². The van der Waals surface area contributed by atoms with Crippen molar-refractivity contribution in [2.24, 2.45) is 0 Å². The molecule has 3 aromatic rings. The Balaban J connectivity index is 2.04. The Hall–Kier alpha value is -3.03. The summed E-state index contributed by atoms with van der Waals surface area (Å²) in [6.07, 6.45) is 0. The number of benzene rings is 3.